The van der Waals surface area contributed by atoms with Crippen molar-refractivity contribution in [1.29, 1.82) is 0 Å². The Bertz CT molecular complexity index is 1540. The number of carbonyl (C=O) groups excluding carboxylic acids is 2. The standard InChI is InChI=1S/C28H21ClFN3O4S2/c1-2-37-21-13-7-18(8-14-21)24(34)22-23(17-5-9-19(29)10-6-17)33(26(36)25(22)35)27-31-32-28(39-27)38-15-16-3-11-20(30)12-4-16/h3-14,23,34H,2,15H2,1H3/b24-22-. The van der Waals surface area contributed by atoms with Crippen molar-refractivity contribution < 1.29 is 23.8 Å². The molecule has 1 amide bonds. The molecule has 5 rings (SSSR count). The molecule has 1 aliphatic rings. The summed E-state index contributed by atoms with van der Waals surface area (Å²) in [6, 6.07) is 18.5. The monoisotopic (exact) mass is 581 g/mol. The average Bonchev–Trinajstić information content (AvgIpc) is 3.51. The normalized spacial score (nSPS) is 16.6. The van der Waals surface area contributed by atoms with Gasteiger partial charge in [-0.1, -0.05) is 59.0 Å². The van der Waals surface area contributed by atoms with Crippen LogP contribution in [0.15, 0.2) is 82.7 Å². The van der Waals surface area contributed by atoms with Gasteiger partial charge in [-0.2, -0.15) is 0 Å². The van der Waals surface area contributed by atoms with Crippen LogP contribution < -0.4 is 9.64 Å². The van der Waals surface area contributed by atoms with Crippen molar-refractivity contribution in [3.05, 3.63) is 106 Å². The van der Waals surface area contributed by atoms with Crippen molar-refractivity contribution >= 4 is 57.3 Å². The van der Waals surface area contributed by atoms with E-state index in [4.69, 9.17) is 16.3 Å². The number of amides is 1. The molecule has 7 nitrogen and oxygen atoms in total. The molecular weight excluding hydrogens is 561 g/mol. The van der Waals surface area contributed by atoms with Crippen molar-refractivity contribution in [1.82, 2.24) is 10.2 Å². The first kappa shape index (κ1) is 26.9. The van der Waals surface area contributed by atoms with Gasteiger partial charge in [0.1, 0.15) is 17.3 Å². The summed E-state index contributed by atoms with van der Waals surface area (Å²) in [5.41, 5.74) is 1.77. The zero-order valence-corrected chi connectivity index (χ0v) is 22.9. The summed E-state index contributed by atoms with van der Waals surface area (Å²) < 4.78 is 19.2. The van der Waals surface area contributed by atoms with Gasteiger partial charge in [-0.15, -0.1) is 10.2 Å². The van der Waals surface area contributed by atoms with Crippen LogP contribution in [-0.4, -0.2) is 33.6 Å². The number of aromatic nitrogens is 2. The Labute approximate surface area is 236 Å². The van der Waals surface area contributed by atoms with Crippen LogP contribution in [0, 0.1) is 5.82 Å². The van der Waals surface area contributed by atoms with Gasteiger partial charge in [-0.05, 0) is 66.6 Å². The van der Waals surface area contributed by atoms with E-state index >= 15 is 0 Å². The Morgan fingerprint density at radius 3 is 2.41 bits per heavy atom. The number of ketones is 1. The molecule has 0 spiro atoms. The predicted octanol–water partition coefficient (Wildman–Crippen LogP) is 6.65. The zero-order valence-electron chi connectivity index (χ0n) is 20.5. The number of halogens is 2. The summed E-state index contributed by atoms with van der Waals surface area (Å²) >= 11 is 8.62. The van der Waals surface area contributed by atoms with Gasteiger partial charge in [0.25, 0.3) is 5.78 Å². The van der Waals surface area contributed by atoms with Crippen LogP contribution in [0.4, 0.5) is 9.52 Å². The second kappa shape index (κ2) is 11.6. The van der Waals surface area contributed by atoms with E-state index in [1.165, 1.54) is 28.8 Å². The van der Waals surface area contributed by atoms with Crippen molar-refractivity contribution in [2.24, 2.45) is 0 Å². The van der Waals surface area contributed by atoms with E-state index in [1.54, 1.807) is 60.7 Å². The van der Waals surface area contributed by atoms with Gasteiger partial charge in [0, 0.05) is 16.3 Å². The maximum absolute atomic E-state index is 13.3. The quantitative estimate of drug-likeness (QED) is 0.0819. The molecule has 1 unspecified atom stereocenters. The lowest BCUT2D eigenvalue weighted by Gasteiger charge is -2.22. The number of nitrogens with zero attached hydrogens (tertiary/aromatic N) is 3. The van der Waals surface area contributed by atoms with E-state index in [2.05, 4.69) is 10.2 Å². The summed E-state index contributed by atoms with van der Waals surface area (Å²) in [5, 5.41) is 20.3. The first-order valence-electron chi connectivity index (χ1n) is 11.9. The number of anilines is 1. The number of ether oxygens (including phenoxy) is 1. The van der Waals surface area contributed by atoms with Gasteiger partial charge >= 0.3 is 5.91 Å². The number of aliphatic hydroxyl groups excluding tert-OH is 1. The molecule has 1 fully saturated rings. The Morgan fingerprint density at radius 1 is 1.05 bits per heavy atom. The number of Topliss-reactive ketones (excluding diaryl/α,β-unsaturated/α-hetero) is 1. The average molecular weight is 582 g/mol. The van der Waals surface area contributed by atoms with Gasteiger partial charge in [0.15, 0.2) is 4.34 Å². The highest BCUT2D eigenvalue weighted by molar-refractivity contribution is 8.00. The third-order valence-corrected chi connectivity index (χ3v) is 8.33. The van der Waals surface area contributed by atoms with Gasteiger partial charge in [-0.25, -0.2) is 4.39 Å². The summed E-state index contributed by atoms with van der Waals surface area (Å²) in [6.45, 7) is 2.35. The SMILES string of the molecule is CCOc1ccc(/C(O)=C2/C(=O)C(=O)N(c3nnc(SCc4ccc(F)cc4)s3)C2c2ccc(Cl)cc2)cc1. The van der Waals surface area contributed by atoms with Crippen molar-refractivity contribution in [2.45, 2.75) is 23.1 Å². The number of hydrogen-bond donors (Lipinski definition) is 1. The fourth-order valence-electron chi connectivity index (χ4n) is 4.11. The minimum absolute atomic E-state index is 0.0674. The summed E-state index contributed by atoms with van der Waals surface area (Å²) in [4.78, 5) is 27.9. The molecule has 0 aliphatic carbocycles. The van der Waals surface area contributed by atoms with Crippen LogP contribution in [-0.2, 0) is 15.3 Å². The van der Waals surface area contributed by atoms with Crippen molar-refractivity contribution in [2.75, 3.05) is 11.5 Å². The Balaban J connectivity index is 1.51. The van der Waals surface area contributed by atoms with Gasteiger partial charge < -0.3 is 9.84 Å². The van der Waals surface area contributed by atoms with Crippen LogP contribution in [0.1, 0.15) is 29.7 Å². The lowest BCUT2D eigenvalue weighted by Crippen LogP contribution is -2.29. The van der Waals surface area contributed by atoms with Crippen molar-refractivity contribution in [3.8, 4) is 5.75 Å². The highest BCUT2D eigenvalue weighted by atomic mass is 35.5. The second-order valence-corrected chi connectivity index (χ2v) is 11.1. The first-order valence-corrected chi connectivity index (χ1v) is 14.0. The Hall–Kier alpha value is -3.73. The molecule has 11 heteroatoms. The fraction of sp³-hybridized carbons (Fsp3) is 0.143. The second-order valence-electron chi connectivity index (χ2n) is 8.44. The van der Waals surface area contributed by atoms with Crippen molar-refractivity contribution in [3.63, 3.8) is 0 Å². The number of benzene rings is 3. The molecule has 0 radical (unpaired) electrons. The molecule has 1 aliphatic heterocycles. The van der Waals surface area contributed by atoms with Crippen LogP contribution in [0.5, 0.6) is 5.75 Å². The molecule has 1 atom stereocenters. The van der Waals surface area contributed by atoms with Crippen LogP contribution >= 0.6 is 34.7 Å². The summed E-state index contributed by atoms with van der Waals surface area (Å²) in [7, 11) is 0. The van der Waals surface area contributed by atoms with Crippen LogP contribution in [0.3, 0.4) is 0 Å². The third kappa shape index (κ3) is 5.68. The minimum atomic E-state index is -0.947. The van der Waals surface area contributed by atoms with E-state index in [1.807, 2.05) is 6.92 Å². The molecule has 3 aromatic carbocycles. The summed E-state index contributed by atoms with van der Waals surface area (Å²) in [5.74, 6) is -1.15. The van der Waals surface area contributed by atoms with E-state index in [9.17, 15) is 19.1 Å². The number of hydrogen-bond acceptors (Lipinski definition) is 8. The van der Waals surface area contributed by atoms with Crippen LogP contribution in [0.2, 0.25) is 5.02 Å². The van der Waals surface area contributed by atoms with E-state index in [0.717, 1.165) is 16.9 Å². The lowest BCUT2D eigenvalue weighted by molar-refractivity contribution is -0.132. The molecule has 1 N–H and O–H groups in total. The van der Waals surface area contributed by atoms with E-state index in [0.29, 0.717) is 38.6 Å². The maximum Gasteiger partial charge on any atom is 0.301 e. The van der Waals surface area contributed by atoms with Gasteiger partial charge in [0.2, 0.25) is 5.13 Å². The Kier molecular flexibility index (Phi) is 7.97. The van der Waals surface area contributed by atoms with E-state index < -0.39 is 17.7 Å². The Morgan fingerprint density at radius 2 is 1.74 bits per heavy atom. The predicted molar refractivity (Wildman–Crippen MR) is 150 cm³/mol. The molecule has 39 heavy (non-hydrogen) atoms. The highest BCUT2D eigenvalue weighted by Crippen LogP contribution is 2.44. The largest absolute Gasteiger partial charge is 0.507 e. The number of aliphatic hydroxyl groups is 1. The molecule has 4 aromatic rings. The number of carbonyl (C=O) groups is 2. The van der Waals surface area contributed by atoms with Crippen LogP contribution in [0.25, 0.3) is 5.76 Å². The number of thioether (sulfide) groups is 1. The minimum Gasteiger partial charge on any atom is -0.507 e. The zero-order chi connectivity index (χ0) is 27.5. The van der Waals surface area contributed by atoms with E-state index in [-0.39, 0.29) is 22.3 Å². The third-order valence-electron chi connectivity index (χ3n) is 5.95. The highest BCUT2D eigenvalue weighted by Gasteiger charge is 2.48. The molecule has 1 aromatic heterocycles. The number of rotatable bonds is 8. The summed E-state index contributed by atoms with van der Waals surface area (Å²) in [6.07, 6.45) is 0. The molecule has 1 saturated heterocycles. The first-order chi connectivity index (χ1) is 18.9. The molecule has 198 valence electrons. The molecule has 0 saturated carbocycles. The van der Waals surface area contributed by atoms with Gasteiger partial charge in [0.05, 0.1) is 18.2 Å². The molecule has 0 bridgehead atoms. The smallest absolute Gasteiger partial charge is 0.301 e. The topological polar surface area (TPSA) is 92.6 Å². The fourth-order valence-corrected chi connectivity index (χ4v) is 6.05. The molecule has 2 heterocycles. The maximum atomic E-state index is 13.3. The lowest BCUT2D eigenvalue weighted by atomic mass is 9.95. The van der Waals surface area contributed by atoms with Gasteiger partial charge in [-0.3, -0.25) is 14.5 Å². The molecular formula is C28H21ClFN3O4S2.